The molecule has 5 heteroatoms. The number of hydrogen-bond donors (Lipinski definition) is 0. The molecule has 0 aliphatic carbocycles. The Bertz CT molecular complexity index is 4010. The number of pyridine rings is 1. The van der Waals surface area contributed by atoms with Gasteiger partial charge in [-0.2, -0.15) is 0 Å². The van der Waals surface area contributed by atoms with E-state index in [2.05, 4.69) is 248 Å². The van der Waals surface area contributed by atoms with Gasteiger partial charge in [-0.3, -0.25) is 4.40 Å². The van der Waals surface area contributed by atoms with Crippen LogP contribution in [0.3, 0.4) is 0 Å². The van der Waals surface area contributed by atoms with Crippen molar-refractivity contribution in [2.75, 3.05) is 16.5 Å². The van der Waals surface area contributed by atoms with Crippen molar-refractivity contribution in [1.82, 2.24) is 9.38 Å². The summed E-state index contributed by atoms with van der Waals surface area (Å²) in [6.45, 7) is 9.65. The molecular formula is C65H50N4O. The Labute approximate surface area is 407 Å². The largest absolute Gasteiger partial charge is 0.457 e. The zero-order chi connectivity index (χ0) is 47.1. The van der Waals surface area contributed by atoms with E-state index >= 15 is 0 Å². The van der Waals surface area contributed by atoms with Crippen molar-refractivity contribution in [2.24, 2.45) is 0 Å². The zero-order valence-electron chi connectivity index (χ0n) is 39.7. The van der Waals surface area contributed by atoms with E-state index < -0.39 is 0 Å². The van der Waals surface area contributed by atoms with Gasteiger partial charge < -0.3 is 14.5 Å². The quantitative estimate of drug-likeness (QED) is 0.166. The molecule has 9 aromatic carbocycles. The predicted molar refractivity (Wildman–Crippen MR) is 294 cm³/mol. The fourth-order valence-electron chi connectivity index (χ4n) is 11.0. The van der Waals surface area contributed by atoms with Gasteiger partial charge in [0.1, 0.15) is 23.8 Å². The summed E-state index contributed by atoms with van der Waals surface area (Å²) in [6.07, 6.45) is 1.91. The topological polar surface area (TPSA) is 33.0 Å². The maximum atomic E-state index is 7.14. The van der Waals surface area contributed by atoms with Gasteiger partial charge in [0.2, 0.25) is 0 Å². The normalized spacial score (nSPS) is 12.7. The van der Waals surface area contributed by atoms with Crippen molar-refractivity contribution in [3.8, 4) is 33.8 Å². The molecule has 0 bridgehead atoms. The summed E-state index contributed by atoms with van der Waals surface area (Å²) in [7, 11) is 0. The molecule has 5 nitrogen and oxygen atoms in total. The molecule has 0 atom stereocenters. The van der Waals surface area contributed by atoms with Crippen molar-refractivity contribution in [3.05, 3.63) is 230 Å². The minimum absolute atomic E-state index is 0.161. The summed E-state index contributed by atoms with van der Waals surface area (Å²) >= 11 is 0. The molecule has 336 valence electrons. The Morgan fingerprint density at radius 2 is 1.00 bits per heavy atom. The Morgan fingerprint density at radius 3 is 1.64 bits per heavy atom. The lowest BCUT2D eigenvalue weighted by Gasteiger charge is -2.28. The lowest BCUT2D eigenvalue weighted by atomic mass is 9.86. The molecule has 1 aliphatic heterocycles. The third-order valence-electron chi connectivity index (χ3n) is 14.2. The van der Waals surface area contributed by atoms with Gasteiger partial charge in [-0.15, -0.1) is 0 Å². The first-order chi connectivity index (χ1) is 34.3. The van der Waals surface area contributed by atoms with Gasteiger partial charge in [-0.1, -0.05) is 160 Å². The second kappa shape index (κ2) is 16.2. The van der Waals surface area contributed by atoms with Crippen LogP contribution in [0.5, 0.6) is 11.5 Å². The van der Waals surface area contributed by atoms with Crippen molar-refractivity contribution in [2.45, 2.75) is 33.1 Å². The molecule has 70 heavy (non-hydrogen) atoms. The number of anilines is 4. The van der Waals surface area contributed by atoms with Crippen LogP contribution in [0.15, 0.2) is 219 Å². The van der Waals surface area contributed by atoms with Gasteiger partial charge in [0.05, 0.1) is 28.1 Å². The standard InChI is InChI=1S/C65H50N4O/c1-42-35-57(43-19-7-5-8-20-43)62(58(36-42)44-21-9-6-10-22-44)68-41-67(59-30-15-16-31-60(59)68)46-37-45(65(2,3)4)38-48(39-46)70-47-32-33-53-55-28-17-27-54-51-25-13-11-23-49(51)50-24-12-14-26-52(50)56-29-18-34-66-64(56)69(63(54)55)61(53)40-47/h5-40H,41H2,1-4H3. The average Bonchev–Trinajstić information content (AvgIpc) is 3.95. The summed E-state index contributed by atoms with van der Waals surface area (Å²) in [4.78, 5) is 10.1. The second-order valence-electron chi connectivity index (χ2n) is 19.7. The average molecular weight is 903 g/mol. The van der Waals surface area contributed by atoms with Crippen LogP contribution in [0.2, 0.25) is 0 Å². The fraction of sp³-hybridized carbons (Fsp3) is 0.0923. The number of para-hydroxylation sites is 3. The van der Waals surface area contributed by atoms with Crippen molar-refractivity contribution < 1.29 is 4.74 Å². The zero-order valence-corrected chi connectivity index (χ0v) is 39.7. The van der Waals surface area contributed by atoms with Crippen LogP contribution >= 0.6 is 0 Å². The molecule has 0 spiro atoms. The summed E-state index contributed by atoms with van der Waals surface area (Å²) in [5, 5.41) is 9.29. The Morgan fingerprint density at radius 1 is 0.457 bits per heavy atom. The highest BCUT2D eigenvalue weighted by atomic mass is 16.5. The van der Waals surface area contributed by atoms with E-state index in [4.69, 9.17) is 9.72 Å². The Hall–Kier alpha value is -8.67. The monoisotopic (exact) mass is 902 g/mol. The number of benzene rings is 9. The van der Waals surface area contributed by atoms with Crippen LogP contribution in [0.4, 0.5) is 22.7 Å². The van der Waals surface area contributed by atoms with E-state index in [-0.39, 0.29) is 5.41 Å². The van der Waals surface area contributed by atoms with Gasteiger partial charge in [-0.25, -0.2) is 4.98 Å². The van der Waals surface area contributed by atoms with Crippen LogP contribution in [-0.4, -0.2) is 16.1 Å². The van der Waals surface area contributed by atoms with Crippen LogP contribution in [0, 0.1) is 6.92 Å². The number of aromatic nitrogens is 2. The number of rotatable bonds is 6. The number of aryl methyl sites for hydroxylation is 1. The first kappa shape index (κ1) is 41.5. The van der Waals surface area contributed by atoms with Crippen LogP contribution in [0.25, 0.3) is 82.0 Å². The molecule has 0 saturated heterocycles. The lowest BCUT2D eigenvalue weighted by Crippen LogP contribution is -2.25. The van der Waals surface area contributed by atoms with Crippen molar-refractivity contribution >= 4 is 82.5 Å². The first-order valence-corrected chi connectivity index (χ1v) is 24.2. The van der Waals surface area contributed by atoms with E-state index in [1.165, 1.54) is 66.0 Å². The molecule has 0 N–H and O–H groups in total. The van der Waals surface area contributed by atoms with Crippen LogP contribution in [-0.2, 0) is 5.41 Å². The van der Waals surface area contributed by atoms with Crippen LogP contribution in [0.1, 0.15) is 31.9 Å². The SMILES string of the molecule is Cc1cc(-c2ccccc2)c(N2CN(c3cc(Oc4ccc5c6cccc7c8ccccc8c8ccccc8c8cccnc8n(c5c4)c76)cc(C(C)(C)C)c3)c3ccccc32)c(-c2ccccc2)c1. The van der Waals surface area contributed by atoms with E-state index in [1.54, 1.807) is 0 Å². The molecule has 0 radical (unpaired) electrons. The third kappa shape index (κ3) is 6.80. The number of ether oxygens (including phenoxy) is 1. The molecule has 1 aliphatic rings. The van der Waals surface area contributed by atoms with Crippen molar-refractivity contribution in [1.29, 1.82) is 0 Å². The maximum absolute atomic E-state index is 7.14. The maximum Gasteiger partial charge on any atom is 0.145 e. The van der Waals surface area contributed by atoms with Gasteiger partial charge in [0, 0.05) is 56.7 Å². The Balaban J connectivity index is 0.987. The first-order valence-electron chi connectivity index (χ1n) is 24.2. The highest BCUT2D eigenvalue weighted by Gasteiger charge is 2.32. The summed E-state index contributed by atoms with van der Waals surface area (Å²) < 4.78 is 9.51. The number of hydrogen-bond acceptors (Lipinski definition) is 4. The predicted octanol–water partition coefficient (Wildman–Crippen LogP) is 17.6. The van der Waals surface area contributed by atoms with Gasteiger partial charge in [0.25, 0.3) is 0 Å². The fourth-order valence-corrected chi connectivity index (χ4v) is 11.0. The summed E-state index contributed by atoms with van der Waals surface area (Å²) in [5.74, 6) is 1.54. The molecular weight excluding hydrogens is 853 g/mol. The van der Waals surface area contributed by atoms with Crippen molar-refractivity contribution in [3.63, 3.8) is 0 Å². The molecule has 12 aromatic rings. The van der Waals surface area contributed by atoms with E-state index in [1.807, 2.05) is 12.3 Å². The number of fused-ring (bicyclic) bond motifs is 11. The van der Waals surface area contributed by atoms with Gasteiger partial charge in [0.15, 0.2) is 0 Å². The van der Waals surface area contributed by atoms with Crippen LogP contribution < -0.4 is 14.5 Å². The summed E-state index contributed by atoms with van der Waals surface area (Å²) in [5.41, 5.74) is 14.7. The molecule has 13 rings (SSSR count). The smallest absolute Gasteiger partial charge is 0.145 e. The van der Waals surface area contributed by atoms with E-state index in [0.717, 1.165) is 61.4 Å². The van der Waals surface area contributed by atoms with Gasteiger partial charge >= 0.3 is 0 Å². The minimum Gasteiger partial charge on any atom is -0.457 e. The number of nitrogens with zero attached hydrogens (tertiary/aromatic N) is 4. The molecule has 0 amide bonds. The Kier molecular flexibility index (Phi) is 9.63. The van der Waals surface area contributed by atoms with E-state index in [9.17, 15) is 0 Å². The molecule has 0 saturated carbocycles. The highest BCUT2D eigenvalue weighted by molar-refractivity contribution is 6.24. The van der Waals surface area contributed by atoms with Gasteiger partial charge in [-0.05, 0) is 117 Å². The molecule has 0 unspecified atom stereocenters. The highest BCUT2D eigenvalue weighted by Crippen LogP contribution is 2.51. The second-order valence-corrected chi connectivity index (χ2v) is 19.7. The summed E-state index contributed by atoms with van der Waals surface area (Å²) in [6, 6.07) is 76.9. The molecule has 4 heterocycles. The minimum atomic E-state index is -0.161. The lowest BCUT2D eigenvalue weighted by molar-refractivity contribution is 0.479. The third-order valence-corrected chi connectivity index (χ3v) is 14.2. The molecule has 3 aromatic heterocycles. The van der Waals surface area contributed by atoms with E-state index in [0.29, 0.717) is 6.67 Å². The molecule has 0 fully saturated rings.